The van der Waals surface area contributed by atoms with Crippen molar-refractivity contribution in [1.82, 2.24) is 4.98 Å². The van der Waals surface area contributed by atoms with E-state index in [1.165, 1.54) is 18.0 Å². The molecule has 7 heteroatoms. The van der Waals surface area contributed by atoms with Crippen molar-refractivity contribution in [2.75, 3.05) is 23.9 Å². The van der Waals surface area contributed by atoms with Crippen LogP contribution in [0.1, 0.15) is 5.56 Å². The maximum Gasteiger partial charge on any atom is 0.271 e. The summed E-state index contributed by atoms with van der Waals surface area (Å²) in [5.41, 5.74) is 3.38. The molecule has 0 radical (unpaired) electrons. The lowest BCUT2D eigenvalue weighted by Crippen LogP contribution is -2.28. The fourth-order valence-electron chi connectivity index (χ4n) is 2.94. The highest BCUT2D eigenvalue weighted by Crippen LogP contribution is 2.38. The summed E-state index contributed by atoms with van der Waals surface area (Å²) in [6.45, 7) is 0. The van der Waals surface area contributed by atoms with E-state index >= 15 is 0 Å². The number of carbonyl (C=O) groups excluding carboxylic acids is 1. The maximum absolute atomic E-state index is 13.3. The fourth-order valence-corrected chi connectivity index (χ4v) is 4.09. The zero-order chi connectivity index (χ0) is 21.1. The standard InChI is InChI=1S/C23H19ClN4OS/c1-27(2)17-10-8-16(9-11-17)14-21-22(29)28(18-6-4-3-5-7-18)23(30-21)26-20-12-13-25-15-19(20)24/h3-15H,1-2H3/b21-14-,26-23?. The molecule has 5 nitrogen and oxygen atoms in total. The summed E-state index contributed by atoms with van der Waals surface area (Å²) >= 11 is 7.57. The van der Waals surface area contributed by atoms with E-state index in [1.807, 2.05) is 79.7 Å². The van der Waals surface area contributed by atoms with Gasteiger partial charge in [0.1, 0.15) is 0 Å². The van der Waals surface area contributed by atoms with Crippen LogP contribution in [-0.2, 0) is 4.79 Å². The molecule has 1 saturated heterocycles. The summed E-state index contributed by atoms with van der Waals surface area (Å²) in [7, 11) is 3.99. The number of amides is 1. The van der Waals surface area contributed by atoms with E-state index < -0.39 is 0 Å². The number of carbonyl (C=O) groups is 1. The van der Waals surface area contributed by atoms with Crippen LogP contribution in [0.15, 0.2) is 83.0 Å². The van der Waals surface area contributed by atoms with E-state index in [0.29, 0.717) is 20.8 Å². The molecule has 0 bridgehead atoms. The molecule has 1 amide bonds. The average molecular weight is 435 g/mol. The molecule has 4 rings (SSSR count). The number of nitrogens with zero attached hydrogens (tertiary/aromatic N) is 4. The SMILES string of the molecule is CN(C)c1ccc(/C=C2\SC(=Nc3ccncc3Cl)N(c3ccccc3)C2=O)cc1. The number of aromatic nitrogens is 1. The van der Waals surface area contributed by atoms with E-state index in [4.69, 9.17) is 11.6 Å². The third-order valence-corrected chi connectivity index (χ3v) is 5.76. The minimum Gasteiger partial charge on any atom is -0.378 e. The molecule has 0 aliphatic carbocycles. The van der Waals surface area contributed by atoms with Gasteiger partial charge in [0.2, 0.25) is 0 Å². The first-order valence-corrected chi connectivity index (χ1v) is 10.5. The second kappa shape index (κ2) is 8.73. The largest absolute Gasteiger partial charge is 0.378 e. The monoisotopic (exact) mass is 434 g/mol. The fraction of sp³-hybridized carbons (Fsp3) is 0.0870. The van der Waals surface area contributed by atoms with Crippen molar-refractivity contribution in [3.63, 3.8) is 0 Å². The molecule has 0 N–H and O–H groups in total. The van der Waals surface area contributed by atoms with Gasteiger partial charge in [0, 0.05) is 32.2 Å². The normalized spacial score (nSPS) is 16.5. The topological polar surface area (TPSA) is 48.8 Å². The Morgan fingerprint density at radius 2 is 1.80 bits per heavy atom. The molecular formula is C23H19ClN4OS. The quantitative estimate of drug-likeness (QED) is 0.501. The number of rotatable bonds is 4. The Labute approximate surface area is 184 Å². The van der Waals surface area contributed by atoms with Crippen LogP contribution >= 0.6 is 23.4 Å². The smallest absolute Gasteiger partial charge is 0.271 e. The number of aliphatic imine (C=N–C) groups is 1. The van der Waals surface area contributed by atoms with Gasteiger partial charge < -0.3 is 4.90 Å². The highest BCUT2D eigenvalue weighted by Gasteiger charge is 2.34. The van der Waals surface area contributed by atoms with Gasteiger partial charge in [-0.15, -0.1) is 0 Å². The van der Waals surface area contributed by atoms with Gasteiger partial charge >= 0.3 is 0 Å². The maximum atomic E-state index is 13.3. The number of thioether (sulfide) groups is 1. The number of halogens is 1. The van der Waals surface area contributed by atoms with Crippen molar-refractivity contribution in [3.8, 4) is 0 Å². The van der Waals surface area contributed by atoms with Crippen LogP contribution < -0.4 is 9.80 Å². The molecule has 1 aliphatic heterocycles. The second-order valence-corrected chi connectivity index (χ2v) is 8.21. The van der Waals surface area contributed by atoms with Gasteiger partial charge in [-0.1, -0.05) is 41.9 Å². The van der Waals surface area contributed by atoms with E-state index in [0.717, 1.165) is 16.9 Å². The first-order chi connectivity index (χ1) is 14.5. The Kier molecular flexibility index (Phi) is 5.88. The number of para-hydroxylation sites is 1. The van der Waals surface area contributed by atoms with Gasteiger partial charge in [-0.05, 0) is 53.7 Å². The van der Waals surface area contributed by atoms with Crippen molar-refractivity contribution >= 4 is 57.6 Å². The lowest BCUT2D eigenvalue weighted by molar-refractivity contribution is -0.113. The van der Waals surface area contributed by atoms with Crippen LogP contribution in [0.25, 0.3) is 6.08 Å². The Morgan fingerprint density at radius 1 is 1.07 bits per heavy atom. The first-order valence-electron chi connectivity index (χ1n) is 9.27. The molecule has 1 fully saturated rings. The second-order valence-electron chi connectivity index (χ2n) is 6.79. The number of hydrogen-bond donors (Lipinski definition) is 0. The van der Waals surface area contributed by atoms with E-state index in [2.05, 4.69) is 9.98 Å². The highest BCUT2D eigenvalue weighted by molar-refractivity contribution is 8.19. The average Bonchev–Trinajstić information content (AvgIpc) is 3.05. The number of amidine groups is 1. The zero-order valence-electron chi connectivity index (χ0n) is 16.5. The minimum atomic E-state index is -0.119. The van der Waals surface area contributed by atoms with Crippen molar-refractivity contribution in [1.29, 1.82) is 0 Å². The molecule has 0 spiro atoms. The molecule has 3 aromatic rings. The van der Waals surface area contributed by atoms with Gasteiger partial charge in [-0.25, -0.2) is 4.99 Å². The minimum absolute atomic E-state index is 0.119. The van der Waals surface area contributed by atoms with E-state index in [9.17, 15) is 4.79 Å². The van der Waals surface area contributed by atoms with Crippen LogP contribution in [0.4, 0.5) is 17.1 Å². The summed E-state index contributed by atoms with van der Waals surface area (Å²) in [6.07, 6.45) is 5.06. The van der Waals surface area contributed by atoms with Gasteiger partial charge in [0.25, 0.3) is 5.91 Å². The lowest BCUT2D eigenvalue weighted by Gasteiger charge is -2.15. The predicted octanol–water partition coefficient (Wildman–Crippen LogP) is 5.61. The lowest BCUT2D eigenvalue weighted by atomic mass is 10.2. The van der Waals surface area contributed by atoms with Crippen LogP contribution in [0.3, 0.4) is 0 Å². The van der Waals surface area contributed by atoms with Gasteiger partial charge in [0.15, 0.2) is 5.17 Å². The molecule has 2 heterocycles. The van der Waals surface area contributed by atoms with Crippen LogP contribution in [-0.4, -0.2) is 30.2 Å². The predicted molar refractivity (Wildman–Crippen MR) is 127 cm³/mol. The van der Waals surface area contributed by atoms with E-state index in [1.54, 1.807) is 17.2 Å². The molecule has 0 saturated carbocycles. The van der Waals surface area contributed by atoms with Gasteiger partial charge in [0.05, 0.1) is 21.3 Å². The summed E-state index contributed by atoms with van der Waals surface area (Å²) < 4.78 is 0. The molecule has 1 aliphatic rings. The number of pyridine rings is 1. The molecule has 2 aromatic carbocycles. The van der Waals surface area contributed by atoms with Crippen molar-refractivity contribution < 1.29 is 4.79 Å². The Morgan fingerprint density at radius 3 is 2.47 bits per heavy atom. The number of hydrogen-bond acceptors (Lipinski definition) is 5. The van der Waals surface area contributed by atoms with Crippen LogP contribution in [0.2, 0.25) is 5.02 Å². The molecule has 1 aromatic heterocycles. The zero-order valence-corrected chi connectivity index (χ0v) is 18.1. The van der Waals surface area contributed by atoms with Crippen molar-refractivity contribution in [2.24, 2.45) is 4.99 Å². The van der Waals surface area contributed by atoms with Gasteiger partial charge in [-0.2, -0.15) is 0 Å². The summed E-state index contributed by atoms with van der Waals surface area (Å²) in [5.74, 6) is -0.119. The number of benzene rings is 2. The first kappa shape index (κ1) is 20.2. The third kappa shape index (κ3) is 4.25. The van der Waals surface area contributed by atoms with Crippen LogP contribution in [0.5, 0.6) is 0 Å². The summed E-state index contributed by atoms with van der Waals surface area (Å²) in [5, 5.41) is 0.984. The Balaban J connectivity index is 1.74. The van der Waals surface area contributed by atoms with E-state index in [-0.39, 0.29) is 5.91 Å². The Hall–Kier alpha value is -3.09. The van der Waals surface area contributed by atoms with Crippen molar-refractivity contribution in [3.05, 3.63) is 88.5 Å². The third-order valence-electron chi connectivity index (χ3n) is 4.50. The highest BCUT2D eigenvalue weighted by atomic mass is 35.5. The van der Waals surface area contributed by atoms with Gasteiger partial charge in [-0.3, -0.25) is 14.7 Å². The van der Waals surface area contributed by atoms with Crippen molar-refractivity contribution in [2.45, 2.75) is 0 Å². The summed E-state index contributed by atoms with van der Waals surface area (Å²) in [4.78, 5) is 26.2. The van der Waals surface area contributed by atoms with Crippen LogP contribution in [0, 0.1) is 0 Å². The molecule has 30 heavy (non-hydrogen) atoms. The summed E-state index contributed by atoms with van der Waals surface area (Å²) in [6, 6.07) is 19.2. The molecule has 0 atom stereocenters. The number of anilines is 2. The molecule has 0 unspecified atom stereocenters. The molecule has 150 valence electrons. The Bertz CT molecular complexity index is 1130. The molecular weight excluding hydrogens is 416 g/mol.